The van der Waals surface area contributed by atoms with Gasteiger partial charge in [0.25, 0.3) is 5.89 Å². The maximum Gasteiger partial charge on any atom is 0.250 e. The standard InChI is InChI=1S/C15H14N4O/c1-2-19-11-12(10-16-19)8-9-14-17-15(18-20-14)13-6-4-3-5-7-13/h3-11H,2H2,1H3/b9-8+. The minimum absolute atomic E-state index is 0.480. The topological polar surface area (TPSA) is 56.7 Å². The predicted octanol–water partition coefficient (Wildman–Crippen LogP) is 3.12. The van der Waals surface area contributed by atoms with Crippen LogP contribution in [-0.4, -0.2) is 19.9 Å². The summed E-state index contributed by atoms with van der Waals surface area (Å²) in [5.41, 5.74) is 1.95. The molecule has 100 valence electrons. The lowest BCUT2D eigenvalue weighted by Gasteiger charge is -1.90. The number of hydrogen-bond acceptors (Lipinski definition) is 4. The Morgan fingerprint density at radius 2 is 2.05 bits per heavy atom. The molecule has 5 heteroatoms. The van der Waals surface area contributed by atoms with Crippen LogP contribution in [0.1, 0.15) is 18.4 Å². The van der Waals surface area contributed by atoms with Crippen molar-refractivity contribution in [3.63, 3.8) is 0 Å². The van der Waals surface area contributed by atoms with Crippen LogP contribution in [0.25, 0.3) is 23.5 Å². The van der Waals surface area contributed by atoms with Gasteiger partial charge < -0.3 is 4.52 Å². The molecular formula is C15H14N4O. The Kier molecular flexibility index (Phi) is 3.41. The molecule has 2 heterocycles. The van der Waals surface area contributed by atoms with Crippen LogP contribution in [0.15, 0.2) is 47.2 Å². The fourth-order valence-corrected chi connectivity index (χ4v) is 1.81. The second-order valence-corrected chi connectivity index (χ2v) is 4.28. The summed E-state index contributed by atoms with van der Waals surface area (Å²) in [7, 11) is 0. The molecular weight excluding hydrogens is 252 g/mol. The number of rotatable bonds is 4. The highest BCUT2D eigenvalue weighted by atomic mass is 16.5. The molecule has 0 saturated carbocycles. The first-order valence-corrected chi connectivity index (χ1v) is 6.45. The Balaban J connectivity index is 1.77. The van der Waals surface area contributed by atoms with Crippen LogP contribution in [0, 0.1) is 0 Å². The molecule has 3 rings (SSSR count). The molecule has 0 N–H and O–H groups in total. The van der Waals surface area contributed by atoms with E-state index < -0.39 is 0 Å². The van der Waals surface area contributed by atoms with E-state index in [-0.39, 0.29) is 0 Å². The average Bonchev–Trinajstić information content (AvgIpc) is 3.15. The predicted molar refractivity (Wildman–Crippen MR) is 76.6 cm³/mol. The first kappa shape index (κ1) is 12.3. The molecule has 3 aromatic rings. The minimum atomic E-state index is 0.480. The van der Waals surface area contributed by atoms with E-state index in [2.05, 4.69) is 15.2 Å². The Hall–Kier alpha value is -2.69. The van der Waals surface area contributed by atoms with Gasteiger partial charge in [-0.1, -0.05) is 35.5 Å². The van der Waals surface area contributed by atoms with E-state index in [1.165, 1.54) is 0 Å². The fourth-order valence-electron chi connectivity index (χ4n) is 1.81. The van der Waals surface area contributed by atoms with Gasteiger partial charge in [0.1, 0.15) is 0 Å². The highest BCUT2D eigenvalue weighted by molar-refractivity contribution is 5.66. The van der Waals surface area contributed by atoms with Crippen molar-refractivity contribution in [2.75, 3.05) is 0 Å². The van der Waals surface area contributed by atoms with Crippen molar-refractivity contribution in [2.24, 2.45) is 0 Å². The summed E-state index contributed by atoms with van der Waals surface area (Å²) in [6.07, 6.45) is 7.46. The van der Waals surface area contributed by atoms with Gasteiger partial charge in [0, 0.05) is 29.9 Å². The molecule has 0 fully saturated rings. The molecule has 0 radical (unpaired) electrons. The SMILES string of the molecule is CCn1cc(/C=C/c2nc(-c3ccccc3)no2)cn1. The Morgan fingerprint density at radius 1 is 1.20 bits per heavy atom. The molecule has 0 aliphatic rings. The van der Waals surface area contributed by atoms with Gasteiger partial charge in [-0.15, -0.1) is 0 Å². The van der Waals surface area contributed by atoms with Crippen LogP contribution in [0.5, 0.6) is 0 Å². The Morgan fingerprint density at radius 3 is 2.80 bits per heavy atom. The van der Waals surface area contributed by atoms with E-state index in [0.29, 0.717) is 11.7 Å². The summed E-state index contributed by atoms with van der Waals surface area (Å²) in [5.74, 6) is 1.07. The molecule has 0 amide bonds. The highest BCUT2D eigenvalue weighted by Crippen LogP contribution is 2.15. The lowest BCUT2D eigenvalue weighted by atomic mass is 10.2. The lowest BCUT2D eigenvalue weighted by molar-refractivity contribution is 0.411. The van der Waals surface area contributed by atoms with Crippen LogP contribution in [0.4, 0.5) is 0 Å². The molecule has 0 aliphatic heterocycles. The first-order valence-electron chi connectivity index (χ1n) is 6.45. The van der Waals surface area contributed by atoms with Gasteiger partial charge in [-0.25, -0.2) is 0 Å². The molecule has 2 aromatic heterocycles. The van der Waals surface area contributed by atoms with Crippen LogP contribution in [0.2, 0.25) is 0 Å². The highest BCUT2D eigenvalue weighted by Gasteiger charge is 2.05. The second-order valence-electron chi connectivity index (χ2n) is 4.28. The van der Waals surface area contributed by atoms with Crippen molar-refractivity contribution in [1.29, 1.82) is 0 Å². The fraction of sp³-hybridized carbons (Fsp3) is 0.133. The number of aryl methyl sites for hydroxylation is 1. The van der Waals surface area contributed by atoms with Gasteiger partial charge in [0.15, 0.2) is 0 Å². The maximum atomic E-state index is 5.20. The molecule has 0 atom stereocenters. The lowest BCUT2D eigenvalue weighted by Crippen LogP contribution is -1.91. The summed E-state index contributed by atoms with van der Waals surface area (Å²) in [6, 6.07) is 9.74. The van der Waals surface area contributed by atoms with Crippen LogP contribution in [0.3, 0.4) is 0 Å². The molecule has 0 bridgehead atoms. The third kappa shape index (κ3) is 2.66. The molecule has 0 spiro atoms. The first-order chi connectivity index (χ1) is 9.85. The number of hydrogen-bond donors (Lipinski definition) is 0. The smallest absolute Gasteiger partial charge is 0.250 e. The maximum absolute atomic E-state index is 5.20. The van der Waals surface area contributed by atoms with Crippen molar-refractivity contribution in [2.45, 2.75) is 13.5 Å². The van der Waals surface area contributed by atoms with Gasteiger partial charge in [-0.2, -0.15) is 10.1 Å². The number of nitrogens with zero attached hydrogens (tertiary/aromatic N) is 4. The number of aromatic nitrogens is 4. The molecule has 0 aliphatic carbocycles. The number of benzene rings is 1. The molecule has 5 nitrogen and oxygen atoms in total. The zero-order chi connectivity index (χ0) is 13.8. The van der Waals surface area contributed by atoms with E-state index in [9.17, 15) is 0 Å². The Bertz CT molecular complexity index is 712. The third-order valence-electron chi connectivity index (χ3n) is 2.87. The van der Waals surface area contributed by atoms with E-state index >= 15 is 0 Å². The normalized spacial score (nSPS) is 11.2. The van der Waals surface area contributed by atoms with Gasteiger partial charge in [-0.05, 0) is 13.0 Å². The Labute approximate surface area is 116 Å². The largest absolute Gasteiger partial charge is 0.334 e. The van der Waals surface area contributed by atoms with Gasteiger partial charge in [-0.3, -0.25) is 4.68 Å². The monoisotopic (exact) mass is 266 g/mol. The van der Waals surface area contributed by atoms with E-state index in [1.807, 2.05) is 54.2 Å². The molecule has 0 saturated heterocycles. The van der Waals surface area contributed by atoms with Crippen molar-refractivity contribution in [1.82, 2.24) is 19.9 Å². The van der Waals surface area contributed by atoms with E-state index in [4.69, 9.17) is 4.52 Å². The molecule has 1 aromatic carbocycles. The third-order valence-corrected chi connectivity index (χ3v) is 2.87. The average molecular weight is 266 g/mol. The van der Waals surface area contributed by atoms with Crippen LogP contribution < -0.4 is 0 Å². The van der Waals surface area contributed by atoms with Crippen LogP contribution in [-0.2, 0) is 6.54 Å². The van der Waals surface area contributed by atoms with Crippen LogP contribution >= 0.6 is 0 Å². The van der Waals surface area contributed by atoms with Gasteiger partial charge in [0.2, 0.25) is 5.82 Å². The van der Waals surface area contributed by atoms with Crippen molar-refractivity contribution < 1.29 is 4.52 Å². The zero-order valence-electron chi connectivity index (χ0n) is 11.1. The summed E-state index contributed by atoms with van der Waals surface area (Å²) >= 11 is 0. The minimum Gasteiger partial charge on any atom is -0.334 e. The summed E-state index contributed by atoms with van der Waals surface area (Å²) in [5, 5.41) is 8.16. The van der Waals surface area contributed by atoms with E-state index in [1.54, 1.807) is 12.3 Å². The molecule has 0 unspecified atom stereocenters. The van der Waals surface area contributed by atoms with Crippen molar-refractivity contribution in [3.8, 4) is 11.4 Å². The van der Waals surface area contributed by atoms with Gasteiger partial charge >= 0.3 is 0 Å². The zero-order valence-corrected chi connectivity index (χ0v) is 11.1. The second kappa shape index (κ2) is 5.52. The molecule has 20 heavy (non-hydrogen) atoms. The summed E-state index contributed by atoms with van der Waals surface area (Å²) < 4.78 is 7.06. The quantitative estimate of drug-likeness (QED) is 0.728. The van der Waals surface area contributed by atoms with E-state index in [0.717, 1.165) is 17.7 Å². The van der Waals surface area contributed by atoms with Crippen molar-refractivity contribution >= 4 is 12.2 Å². The van der Waals surface area contributed by atoms with Gasteiger partial charge in [0.05, 0.1) is 6.20 Å². The van der Waals surface area contributed by atoms with Crippen molar-refractivity contribution in [3.05, 3.63) is 54.2 Å². The summed E-state index contributed by atoms with van der Waals surface area (Å²) in [4.78, 5) is 4.33. The summed E-state index contributed by atoms with van der Waals surface area (Å²) in [6.45, 7) is 2.90.